The van der Waals surface area contributed by atoms with Gasteiger partial charge in [0.25, 0.3) is 5.91 Å². The molecule has 0 unspecified atom stereocenters. The number of carbonyl (C=O) groups is 1. The molecular formula is C18H22FN5O. The van der Waals surface area contributed by atoms with Gasteiger partial charge in [0.2, 0.25) is 5.95 Å². The lowest BCUT2D eigenvalue weighted by Gasteiger charge is -2.23. The second kappa shape index (κ2) is 7.55. The third-order valence-corrected chi connectivity index (χ3v) is 4.59. The maximum absolute atomic E-state index is 13.3. The number of pyridine rings is 1. The summed E-state index contributed by atoms with van der Waals surface area (Å²) < 4.78 is 13.3. The maximum atomic E-state index is 13.3. The lowest BCUT2D eigenvalue weighted by atomic mass is 10.1. The van der Waals surface area contributed by atoms with E-state index < -0.39 is 5.95 Å². The Labute approximate surface area is 146 Å². The Morgan fingerprint density at radius 2 is 1.96 bits per heavy atom. The molecule has 7 heteroatoms. The van der Waals surface area contributed by atoms with Crippen LogP contribution < -0.4 is 4.90 Å². The second-order valence-corrected chi connectivity index (χ2v) is 5.95. The highest BCUT2D eigenvalue weighted by molar-refractivity contribution is 5.94. The summed E-state index contributed by atoms with van der Waals surface area (Å²) in [4.78, 5) is 29.0. The van der Waals surface area contributed by atoms with Crippen molar-refractivity contribution in [3.63, 3.8) is 0 Å². The van der Waals surface area contributed by atoms with Crippen LogP contribution in [0.2, 0.25) is 0 Å². The van der Waals surface area contributed by atoms with E-state index in [1.54, 1.807) is 17.3 Å². The molecule has 6 nitrogen and oxygen atoms in total. The van der Waals surface area contributed by atoms with Crippen LogP contribution in [0, 0.1) is 5.95 Å². The van der Waals surface area contributed by atoms with Gasteiger partial charge in [-0.25, -0.2) is 15.0 Å². The molecule has 2 aromatic heterocycles. The normalized spacial score (nSPS) is 14.0. The Bertz CT molecular complexity index is 763. The molecule has 0 spiro atoms. The van der Waals surface area contributed by atoms with Crippen molar-refractivity contribution < 1.29 is 9.18 Å². The first kappa shape index (κ1) is 17.3. The molecule has 0 radical (unpaired) electrons. The lowest BCUT2D eigenvalue weighted by molar-refractivity contribution is 0.0762. The number of rotatable bonds is 4. The first-order chi connectivity index (χ1) is 12.1. The minimum atomic E-state index is -0.640. The van der Waals surface area contributed by atoms with Crippen LogP contribution in [-0.2, 0) is 12.8 Å². The van der Waals surface area contributed by atoms with E-state index in [1.807, 2.05) is 0 Å². The van der Waals surface area contributed by atoms with Crippen LogP contribution in [0.1, 0.15) is 35.5 Å². The molecule has 0 aliphatic carbocycles. The Morgan fingerprint density at radius 3 is 2.68 bits per heavy atom. The maximum Gasteiger partial charge on any atom is 0.254 e. The van der Waals surface area contributed by atoms with Crippen molar-refractivity contribution in [3.8, 4) is 0 Å². The molecule has 0 N–H and O–H groups in total. The standard InChI is InChI=1S/C18H22FN5O/c1-3-23(4-2)17-14-6-9-24(10-7-15(14)21-12-22-17)18(25)13-5-8-20-16(19)11-13/h5,8,11-12H,3-4,6-7,9-10H2,1-2H3. The summed E-state index contributed by atoms with van der Waals surface area (Å²) in [6.07, 6.45) is 4.29. The van der Waals surface area contributed by atoms with Gasteiger partial charge in [-0.3, -0.25) is 4.79 Å². The van der Waals surface area contributed by atoms with E-state index in [9.17, 15) is 9.18 Å². The average molecular weight is 343 g/mol. The number of anilines is 1. The highest BCUT2D eigenvalue weighted by Gasteiger charge is 2.24. The predicted octanol–water partition coefficient (Wildman–Crippen LogP) is 2.10. The first-order valence-electron chi connectivity index (χ1n) is 8.62. The minimum Gasteiger partial charge on any atom is -0.357 e. The molecule has 1 aliphatic rings. The Kier molecular flexibility index (Phi) is 5.21. The molecule has 1 aliphatic heterocycles. The highest BCUT2D eigenvalue weighted by atomic mass is 19.1. The topological polar surface area (TPSA) is 62.2 Å². The Hall–Kier alpha value is -2.57. The summed E-state index contributed by atoms with van der Waals surface area (Å²) in [7, 11) is 0. The molecule has 0 fully saturated rings. The summed E-state index contributed by atoms with van der Waals surface area (Å²) in [5.74, 6) is 0.143. The molecule has 0 atom stereocenters. The van der Waals surface area contributed by atoms with Crippen molar-refractivity contribution in [2.75, 3.05) is 31.1 Å². The van der Waals surface area contributed by atoms with Crippen molar-refractivity contribution >= 4 is 11.7 Å². The SMILES string of the molecule is CCN(CC)c1ncnc2c1CCN(C(=O)c1ccnc(F)c1)CC2. The zero-order valence-electron chi connectivity index (χ0n) is 14.6. The summed E-state index contributed by atoms with van der Waals surface area (Å²) >= 11 is 0. The number of hydrogen-bond donors (Lipinski definition) is 0. The van der Waals surface area contributed by atoms with Crippen LogP contribution in [0.25, 0.3) is 0 Å². The van der Waals surface area contributed by atoms with Crippen molar-refractivity contribution in [1.29, 1.82) is 0 Å². The zero-order valence-corrected chi connectivity index (χ0v) is 14.6. The molecule has 1 amide bonds. The molecule has 3 heterocycles. The number of hydrogen-bond acceptors (Lipinski definition) is 5. The summed E-state index contributed by atoms with van der Waals surface area (Å²) in [5, 5.41) is 0. The zero-order chi connectivity index (χ0) is 17.8. The number of amides is 1. The molecule has 0 aromatic carbocycles. The van der Waals surface area contributed by atoms with Gasteiger partial charge in [-0.15, -0.1) is 0 Å². The molecule has 0 saturated heterocycles. The van der Waals surface area contributed by atoms with E-state index in [4.69, 9.17) is 0 Å². The Balaban J connectivity index is 1.82. The number of halogens is 1. The van der Waals surface area contributed by atoms with Gasteiger partial charge in [0.05, 0.1) is 5.69 Å². The van der Waals surface area contributed by atoms with Gasteiger partial charge in [0, 0.05) is 56.0 Å². The third-order valence-electron chi connectivity index (χ3n) is 4.59. The van der Waals surface area contributed by atoms with E-state index in [-0.39, 0.29) is 5.91 Å². The fourth-order valence-corrected chi connectivity index (χ4v) is 3.23. The van der Waals surface area contributed by atoms with Crippen LogP contribution in [0.3, 0.4) is 0 Å². The van der Waals surface area contributed by atoms with Crippen LogP contribution in [0.15, 0.2) is 24.7 Å². The molecule has 3 rings (SSSR count). The van der Waals surface area contributed by atoms with Gasteiger partial charge in [-0.05, 0) is 26.3 Å². The van der Waals surface area contributed by atoms with Crippen molar-refractivity contribution in [1.82, 2.24) is 19.9 Å². The number of carbonyl (C=O) groups excluding carboxylic acids is 1. The lowest BCUT2D eigenvalue weighted by Crippen LogP contribution is -2.33. The Morgan fingerprint density at radius 1 is 1.20 bits per heavy atom. The monoisotopic (exact) mass is 343 g/mol. The molecular weight excluding hydrogens is 321 g/mol. The van der Waals surface area contributed by atoms with Crippen LogP contribution in [-0.4, -0.2) is 51.9 Å². The van der Waals surface area contributed by atoms with Crippen molar-refractivity contribution in [3.05, 3.63) is 47.4 Å². The van der Waals surface area contributed by atoms with Gasteiger partial charge in [-0.2, -0.15) is 4.39 Å². The largest absolute Gasteiger partial charge is 0.357 e. The number of aromatic nitrogens is 3. The van der Waals surface area contributed by atoms with Gasteiger partial charge in [0.1, 0.15) is 12.1 Å². The van der Waals surface area contributed by atoms with Crippen molar-refractivity contribution in [2.45, 2.75) is 26.7 Å². The smallest absolute Gasteiger partial charge is 0.254 e. The van der Waals surface area contributed by atoms with Gasteiger partial charge in [0.15, 0.2) is 0 Å². The minimum absolute atomic E-state index is 0.175. The molecule has 25 heavy (non-hydrogen) atoms. The average Bonchev–Trinajstić information content (AvgIpc) is 2.85. The molecule has 132 valence electrons. The summed E-state index contributed by atoms with van der Waals surface area (Å²) in [6.45, 7) is 7.07. The number of nitrogens with zero attached hydrogens (tertiary/aromatic N) is 5. The van der Waals surface area contributed by atoms with Gasteiger partial charge < -0.3 is 9.80 Å². The van der Waals surface area contributed by atoms with Gasteiger partial charge >= 0.3 is 0 Å². The van der Waals surface area contributed by atoms with Crippen LogP contribution >= 0.6 is 0 Å². The van der Waals surface area contributed by atoms with E-state index in [0.29, 0.717) is 31.5 Å². The van der Waals surface area contributed by atoms with Gasteiger partial charge in [-0.1, -0.05) is 0 Å². The van der Waals surface area contributed by atoms with E-state index in [1.165, 1.54) is 12.3 Å². The number of fused-ring (bicyclic) bond motifs is 1. The quantitative estimate of drug-likeness (QED) is 0.796. The first-order valence-corrected chi connectivity index (χ1v) is 8.62. The fraction of sp³-hybridized carbons (Fsp3) is 0.444. The van der Waals surface area contributed by atoms with Crippen LogP contribution in [0.4, 0.5) is 10.2 Å². The summed E-state index contributed by atoms with van der Waals surface area (Å²) in [5.41, 5.74) is 2.43. The van der Waals surface area contributed by atoms with E-state index in [2.05, 4.69) is 33.7 Å². The molecule has 0 bridgehead atoms. The molecule has 2 aromatic rings. The second-order valence-electron chi connectivity index (χ2n) is 5.95. The highest BCUT2D eigenvalue weighted by Crippen LogP contribution is 2.24. The van der Waals surface area contributed by atoms with Crippen molar-refractivity contribution in [2.24, 2.45) is 0 Å². The van der Waals surface area contributed by atoms with Crippen LogP contribution in [0.5, 0.6) is 0 Å². The van der Waals surface area contributed by atoms with E-state index in [0.717, 1.165) is 30.2 Å². The third kappa shape index (κ3) is 3.60. The van der Waals surface area contributed by atoms with E-state index >= 15 is 0 Å². The molecule has 0 saturated carbocycles. The summed E-state index contributed by atoms with van der Waals surface area (Å²) in [6, 6.07) is 2.73. The predicted molar refractivity (Wildman–Crippen MR) is 93.1 cm³/mol. The fourth-order valence-electron chi connectivity index (χ4n) is 3.23.